The van der Waals surface area contributed by atoms with Gasteiger partial charge in [0.25, 0.3) is 0 Å². The maximum atomic E-state index is 5.03. The minimum Gasteiger partial charge on any atom is -0.254 e. The lowest BCUT2D eigenvalue weighted by molar-refractivity contribution is 1.25. The van der Waals surface area contributed by atoms with Crippen LogP contribution in [0.25, 0.3) is 78.1 Å². The van der Waals surface area contributed by atoms with Crippen molar-refractivity contribution in [2.75, 3.05) is 0 Å². The Labute approximate surface area is 281 Å². The molecular weight excluding hydrogens is 581 g/mol. The van der Waals surface area contributed by atoms with Crippen molar-refractivity contribution in [3.8, 4) is 78.1 Å². The molecule has 226 valence electrons. The molecule has 6 aromatic carbocycles. The van der Waals surface area contributed by atoms with Crippen LogP contribution in [0.1, 0.15) is 0 Å². The third-order valence-corrected chi connectivity index (χ3v) is 8.88. The number of aromatic nitrogens is 2. The Morgan fingerprint density at radius 1 is 0.208 bits per heavy atom. The third kappa shape index (κ3) is 5.50. The number of nitrogens with zero attached hydrogens (tertiary/aromatic N) is 2. The van der Waals surface area contributed by atoms with Crippen molar-refractivity contribution in [3.63, 3.8) is 0 Å². The Balaban J connectivity index is 1.31. The average molecular weight is 613 g/mol. The summed E-state index contributed by atoms with van der Waals surface area (Å²) in [7, 11) is 0. The number of hydrogen-bond donors (Lipinski definition) is 0. The van der Waals surface area contributed by atoms with Gasteiger partial charge in [0.15, 0.2) is 0 Å². The van der Waals surface area contributed by atoms with Crippen molar-refractivity contribution in [2.24, 2.45) is 0 Å². The van der Waals surface area contributed by atoms with E-state index in [0.29, 0.717) is 0 Å². The van der Waals surface area contributed by atoms with E-state index in [-0.39, 0.29) is 0 Å². The normalized spacial score (nSPS) is 10.9. The monoisotopic (exact) mass is 612 g/mol. The van der Waals surface area contributed by atoms with E-state index in [4.69, 9.17) is 9.97 Å². The van der Waals surface area contributed by atoms with Gasteiger partial charge in [-0.15, -0.1) is 0 Å². The van der Waals surface area contributed by atoms with Gasteiger partial charge in [-0.05, 0) is 67.8 Å². The van der Waals surface area contributed by atoms with Gasteiger partial charge >= 0.3 is 0 Å². The van der Waals surface area contributed by atoms with Crippen LogP contribution in [0.2, 0.25) is 0 Å². The summed E-state index contributed by atoms with van der Waals surface area (Å²) in [6.45, 7) is 0. The first-order chi connectivity index (χ1) is 23.9. The molecule has 0 bridgehead atoms. The van der Waals surface area contributed by atoms with Gasteiger partial charge in [-0.1, -0.05) is 170 Å². The van der Waals surface area contributed by atoms with Crippen LogP contribution in [-0.4, -0.2) is 9.97 Å². The van der Waals surface area contributed by atoms with Crippen LogP contribution in [0.3, 0.4) is 0 Å². The maximum Gasteiger partial charge on any atom is 0.0970 e. The van der Waals surface area contributed by atoms with Gasteiger partial charge in [0, 0.05) is 23.5 Å². The summed E-state index contributed by atoms with van der Waals surface area (Å²) < 4.78 is 0. The summed E-state index contributed by atoms with van der Waals surface area (Å²) in [5, 5.41) is 0. The second-order valence-corrected chi connectivity index (χ2v) is 11.7. The predicted octanol–water partition coefficient (Wildman–Crippen LogP) is 12.1. The SMILES string of the molecule is c1ccc(-c2ccccc2-c2ccccc2-c2cccnc2-c2ncccc2-c2ccccc2-c2ccccc2-c2ccccc2)cc1. The minimum absolute atomic E-state index is 0.851. The zero-order chi connectivity index (χ0) is 32.1. The third-order valence-electron chi connectivity index (χ3n) is 8.88. The minimum atomic E-state index is 0.851. The lowest BCUT2D eigenvalue weighted by Gasteiger charge is -2.19. The predicted molar refractivity (Wildman–Crippen MR) is 200 cm³/mol. The van der Waals surface area contributed by atoms with Crippen LogP contribution in [0.15, 0.2) is 194 Å². The molecular formula is C46H32N2. The van der Waals surface area contributed by atoms with Crippen LogP contribution < -0.4 is 0 Å². The van der Waals surface area contributed by atoms with E-state index in [0.717, 1.165) is 44.8 Å². The largest absolute Gasteiger partial charge is 0.254 e. The quantitative estimate of drug-likeness (QED) is 0.179. The van der Waals surface area contributed by atoms with Gasteiger partial charge in [-0.25, -0.2) is 0 Å². The Bertz CT molecular complexity index is 2170. The Morgan fingerprint density at radius 3 is 0.812 bits per heavy atom. The molecule has 2 aromatic heterocycles. The highest BCUT2D eigenvalue weighted by molar-refractivity contribution is 5.99. The Morgan fingerprint density at radius 2 is 0.458 bits per heavy atom. The summed E-state index contributed by atoms with van der Waals surface area (Å²) >= 11 is 0. The molecule has 2 heterocycles. The number of pyridine rings is 2. The molecule has 0 aliphatic carbocycles. The fourth-order valence-electron chi connectivity index (χ4n) is 6.70. The molecule has 0 spiro atoms. The highest BCUT2D eigenvalue weighted by Gasteiger charge is 2.21. The molecule has 0 aliphatic rings. The molecule has 2 heteroatoms. The average Bonchev–Trinajstić information content (AvgIpc) is 3.18. The zero-order valence-electron chi connectivity index (χ0n) is 26.4. The van der Waals surface area contributed by atoms with E-state index in [1.54, 1.807) is 0 Å². The fourth-order valence-corrected chi connectivity index (χ4v) is 6.70. The fraction of sp³-hybridized carbons (Fsp3) is 0. The summed E-state index contributed by atoms with van der Waals surface area (Å²) in [6.07, 6.45) is 3.74. The first-order valence-electron chi connectivity index (χ1n) is 16.3. The van der Waals surface area contributed by atoms with E-state index in [9.17, 15) is 0 Å². The van der Waals surface area contributed by atoms with Crippen molar-refractivity contribution in [2.45, 2.75) is 0 Å². The van der Waals surface area contributed by atoms with Gasteiger partial charge in [0.2, 0.25) is 0 Å². The summed E-state index contributed by atoms with van der Waals surface area (Å²) in [5.41, 5.74) is 15.4. The molecule has 0 atom stereocenters. The second-order valence-electron chi connectivity index (χ2n) is 11.7. The molecule has 8 aromatic rings. The smallest absolute Gasteiger partial charge is 0.0970 e. The van der Waals surface area contributed by atoms with Crippen molar-refractivity contribution < 1.29 is 0 Å². The van der Waals surface area contributed by atoms with Crippen LogP contribution in [0, 0.1) is 0 Å². The topological polar surface area (TPSA) is 25.8 Å². The lowest BCUT2D eigenvalue weighted by atomic mass is 9.86. The van der Waals surface area contributed by atoms with E-state index in [1.807, 2.05) is 24.5 Å². The Hall–Kier alpha value is -6.38. The van der Waals surface area contributed by atoms with Crippen molar-refractivity contribution in [1.29, 1.82) is 0 Å². The van der Waals surface area contributed by atoms with Crippen LogP contribution >= 0.6 is 0 Å². The summed E-state index contributed by atoms with van der Waals surface area (Å²) in [5.74, 6) is 0. The van der Waals surface area contributed by atoms with E-state index < -0.39 is 0 Å². The van der Waals surface area contributed by atoms with Gasteiger partial charge in [-0.3, -0.25) is 9.97 Å². The molecule has 0 amide bonds. The molecule has 0 saturated carbocycles. The van der Waals surface area contributed by atoms with Crippen LogP contribution in [-0.2, 0) is 0 Å². The van der Waals surface area contributed by atoms with Gasteiger partial charge in [0.05, 0.1) is 11.4 Å². The number of benzene rings is 6. The van der Waals surface area contributed by atoms with E-state index in [1.165, 1.54) is 33.4 Å². The molecule has 0 aliphatic heterocycles. The highest BCUT2D eigenvalue weighted by Crippen LogP contribution is 2.44. The second kappa shape index (κ2) is 13.2. The highest BCUT2D eigenvalue weighted by atomic mass is 14.8. The standard InChI is InChI=1S/C46H32N2/c1-3-17-33(18-4-1)35-21-7-9-23-37(35)39-25-11-13-27-41(39)43-29-15-31-47-45(43)46-44(30-16-32-48-46)42-28-14-12-26-40(42)38-24-10-8-22-36(38)34-19-5-2-6-20-34/h1-32H. The lowest BCUT2D eigenvalue weighted by Crippen LogP contribution is -1.97. The molecule has 0 saturated heterocycles. The zero-order valence-corrected chi connectivity index (χ0v) is 26.4. The number of hydrogen-bond acceptors (Lipinski definition) is 2. The van der Waals surface area contributed by atoms with Crippen molar-refractivity contribution >= 4 is 0 Å². The van der Waals surface area contributed by atoms with Crippen molar-refractivity contribution in [3.05, 3.63) is 194 Å². The number of rotatable bonds is 7. The van der Waals surface area contributed by atoms with E-state index >= 15 is 0 Å². The van der Waals surface area contributed by atoms with Gasteiger partial charge < -0.3 is 0 Å². The molecule has 48 heavy (non-hydrogen) atoms. The van der Waals surface area contributed by atoms with Gasteiger partial charge in [-0.2, -0.15) is 0 Å². The first-order valence-corrected chi connectivity index (χ1v) is 16.3. The summed E-state index contributed by atoms with van der Waals surface area (Å²) in [4.78, 5) is 10.1. The maximum absolute atomic E-state index is 5.03. The molecule has 2 nitrogen and oxygen atoms in total. The molecule has 0 unspecified atom stereocenters. The van der Waals surface area contributed by atoms with Gasteiger partial charge in [0.1, 0.15) is 0 Å². The van der Waals surface area contributed by atoms with Crippen LogP contribution in [0.4, 0.5) is 0 Å². The molecule has 0 fully saturated rings. The van der Waals surface area contributed by atoms with Crippen LogP contribution in [0.5, 0.6) is 0 Å². The van der Waals surface area contributed by atoms with Crippen molar-refractivity contribution in [1.82, 2.24) is 9.97 Å². The Kier molecular flexibility index (Phi) is 7.96. The molecule has 8 rings (SSSR count). The molecule has 0 radical (unpaired) electrons. The molecule has 0 N–H and O–H groups in total. The summed E-state index contributed by atoms with van der Waals surface area (Å²) in [6, 6.07) is 64.1. The first kappa shape index (κ1) is 29.1. The van der Waals surface area contributed by atoms with E-state index in [2.05, 4.69) is 170 Å².